The van der Waals surface area contributed by atoms with Crippen molar-refractivity contribution in [3.05, 3.63) is 45.8 Å². The summed E-state index contributed by atoms with van der Waals surface area (Å²) in [4.78, 5) is 28.5. The normalized spacial score (nSPS) is 20.1. The molecular weight excluding hydrogens is 372 g/mol. The number of carbonyl (C=O) groups is 2. The molecule has 0 saturated heterocycles. The molecule has 0 saturated carbocycles. The summed E-state index contributed by atoms with van der Waals surface area (Å²) < 4.78 is 0. The molecular formula is C19H18ClN2O3S-. The number of allylic oxidation sites excluding steroid dienone is 2. The molecule has 0 aliphatic heterocycles. The van der Waals surface area contributed by atoms with Gasteiger partial charge in [0.1, 0.15) is 0 Å². The van der Waals surface area contributed by atoms with E-state index in [1.54, 1.807) is 12.1 Å². The van der Waals surface area contributed by atoms with Gasteiger partial charge in [-0.25, -0.2) is 4.98 Å². The van der Waals surface area contributed by atoms with E-state index < -0.39 is 17.8 Å². The van der Waals surface area contributed by atoms with Crippen molar-refractivity contribution >= 4 is 39.9 Å². The maximum Gasteiger partial charge on any atom is 0.230 e. The van der Waals surface area contributed by atoms with E-state index >= 15 is 0 Å². The fraction of sp³-hybridized carbons (Fsp3) is 0.316. The molecule has 26 heavy (non-hydrogen) atoms. The van der Waals surface area contributed by atoms with Crippen LogP contribution in [0.2, 0.25) is 5.02 Å². The number of aliphatic carboxylic acids is 1. The molecule has 7 heteroatoms. The molecule has 1 amide bonds. The van der Waals surface area contributed by atoms with E-state index in [0.29, 0.717) is 23.0 Å². The molecule has 1 aliphatic carbocycles. The molecule has 3 rings (SSSR count). The number of hydrogen-bond donors (Lipinski definition) is 1. The fourth-order valence-corrected chi connectivity index (χ4v) is 3.95. The third-order valence-electron chi connectivity index (χ3n) is 4.78. The SMILES string of the molecule is CC1=C(C)CC(C(=O)Nc2nc(-c3ccc(Cl)cc3)cs2)C(C(=O)[O-])C1. The first-order valence-corrected chi connectivity index (χ1v) is 9.49. The molecule has 0 bridgehead atoms. The second-order valence-electron chi connectivity index (χ2n) is 6.53. The zero-order chi connectivity index (χ0) is 18.8. The maximum atomic E-state index is 12.6. The molecule has 0 fully saturated rings. The average Bonchev–Trinajstić information content (AvgIpc) is 3.05. The van der Waals surface area contributed by atoms with E-state index in [0.717, 1.165) is 22.4 Å². The molecule has 1 aromatic carbocycles. The number of thiazole rings is 1. The molecule has 5 nitrogen and oxygen atoms in total. The van der Waals surface area contributed by atoms with Gasteiger partial charge >= 0.3 is 0 Å². The molecule has 136 valence electrons. The van der Waals surface area contributed by atoms with Gasteiger partial charge < -0.3 is 15.2 Å². The summed E-state index contributed by atoms with van der Waals surface area (Å²) in [6.07, 6.45) is 0.770. The van der Waals surface area contributed by atoms with Crippen molar-refractivity contribution in [3.63, 3.8) is 0 Å². The van der Waals surface area contributed by atoms with Gasteiger partial charge in [0.05, 0.1) is 11.6 Å². The Hall–Kier alpha value is -2.18. The largest absolute Gasteiger partial charge is 0.550 e. The number of nitrogens with one attached hydrogen (secondary N) is 1. The lowest BCUT2D eigenvalue weighted by Gasteiger charge is -2.32. The molecule has 0 spiro atoms. The predicted octanol–water partition coefficient (Wildman–Crippen LogP) is 3.51. The van der Waals surface area contributed by atoms with Gasteiger partial charge in [-0.2, -0.15) is 0 Å². The van der Waals surface area contributed by atoms with Crippen LogP contribution in [-0.4, -0.2) is 16.9 Å². The average molecular weight is 390 g/mol. The topological polar surface area (TPSA) is 82.1 Å². The summed E-state index contributed by atoms with van der Waals surface area (Å²) in [5.74, 6) is -2.97. The number of carboxylic acids is 1. The Balaban J connectivity index is 1.75. The van der Waals surface area contributed by atoms with Crippen molar-refractivity contribution in [1.29, 1.82) is 0 Å². The van der Waals surface area contributed by atoms with Crippen molar-refractivity contribution in [2.24, 2.45) is 11.8 Å². The number of aromatic nitrogens is 1. The number of hydrogen-bond acceptors (Lipinski definition) is 5. The van der Waals surface area contributed by atoms with Crippen LogP contribution in [0.25, 0.3) is 11.3 Å². The lowest BCUT2D eigenvalue weighted by atomic mass is 9.76. The van der Waals surface area contributed by atoms with Crippen molar-refractivity contribution in [3.8, 4) is 11.3 Å². The summed E-state index contributed by atoms with van der Waals surface area (Å²) in [7, 11) is 0. The van der Waals surface area contributed by atoms with Crippen LogP contribution in [0.3, 0.4) is 0 Å². The lowest BCUT2D eigenvalue weighted by Crippen LogP contribution is -2.42. The highest BCUT2D eigenvalue weighted by Gasteiger charge is 2.33. The van der Waals surface area contributed by atoms with Crippen molar-refractivity contribution in [1.82, 2.24) is 4.98 Å². The minimum absolute atomic E-state index is 0.331. The zero-order valence-corrected chi connectivity index (χ0v) is 16.0. The molecule has 0 radical (unpaired) electrons. The van der Waals surface area contributed by atoms with Gasteiger partial charge in [0, 0.05) is 27.9 Å². The number of amides is 1. The number of benzene rings is 1. The molecule has 1 aromatic heterocycles. The minimum atomic E-state index is -1.18. The Morgan fingerprint density at radius 1 is 1.15 bits per heavy atom. The first-order valence-electron chi connectivity index (χ1n) is 8.23. The first-order chi connectivity index (χ1) is 12.3. The summed E-state index contributed by atoms with van der Waals surface area (Å²) in [6, 6.07) is 7.26. The van der Waals surface area contributed by atoms with E-state index in [4.69, 9.17) is 11.6 Å². The standard InChI is InChI=1S/C19H19ClN2O3S/c1-10-7-14(15(18(24)25)8-11(10)2)17(23)22-19-21-16(9-26-19)12-3-5-13(20)6-4-12/h3-6,9,14-15H,7-8H2,1-2H3,(H,24,25)(H,21,22,23)/p-1. The summed E-state index contributed by atoms with van der Waals surface area (Å²) in [6.45, 7) is 3.84. The number of nitrogens with zero attached hydrogens (tertiary/aromatic N) is 1. The van der Waals surface area contributed by atoms with Gasteiger partial charge in [-0.15, -0.1) is 11.3 Å². The maximum absolute atomic E-state index is 12.6. The summed E-state index contributed by atoms with van der Waals surface area (Å²) >= 11 is 7.19. The molecule has 1 N–H and O–H groups in total. The highest BCUT2D eigenvalue weighted by molar-refractivity contribution is 7.14. The first kappa shape index (κ1) is 18.6. The second kappa shape index (κ2) is 7.60. The number of rotatable bonds is 4. The third-order valence-corrected chi connectivity index (χ3v) is 5.79. The lowest BCUT2D eigenvalue weighted by molar-refractivity contribution is -0.313. The van der Waals surface area contributed by atoms with Crippen LogP contribution in [0.5, 0.6) is 0 Å². The highest BCUT2D eigenvalue weighted by atomic mass is 35.5. The van der Waals surface area contributed by atoms with E-state index in [-0.39, 0.29) is 5.91 Å². The van der Waals surface area contributed by atoms with E-state index in [2.05, 4.69) is 10.3 Å². The molecule has 2 unspecified atom stereocenters. The van der Waals surface area contributed by atoms with Crippen LogP contribution < -0.4 is 10.4 Å². The van der Waals surface area contributed by atoms with Crippen molar-refractivity contribution < 1.29 is 14.7 Å². The third kappa shape index (κ3) is 3.97. The van der Waals surface area contributed by atoms with Crippen LogP contribution in [0.4, 0.5) is 5.13 Å². The van der Waals surface area contributed by atoms with Crippen molar-refractivity contribution in [2.75, 3.05) is 5.32 Å². The van der Waals surface area contributed by atoms with Crippen LogP contribution in [0, 0.1) is 11.8 Å². The van der Waals surface area contributed by atoms with Crippen LogP contribution in [0.1, 0.15) is 26.7 Å². The quantitative estimate of drug-likeness (QED) is 0.811. The zero-order valence-electron chi connectivity index (χ0n) is 14.4. The Morgan fingerprint density at radius 3 is 2.38 bits per heavy atom. The summed E-state index contributed by atoms with van der Waals surface area (Å²) in [5, 5.41) is 17.1. The molecule has 1 aliphatic rings. The molecule has 1 heterocycles. The van der Waals surface area contributed by atoms with E-state index in [1.165, 1.54) is 11.3 Å². The molecule has 2 atom stereocenters. The second-order valence-corrected chi connectivity index (χ2v) is 7.83. The monoisotopic (exact) mass is 389 g/mol. The van der Waals surface area contributed by atoms with Gasteiger partial charge in [-0.3, -0.25) is 4.79 Å². The summed E-state index contributed by atoms with van der Waals surface area (Å²) in [5.41, 5.74) is 3.70. The van der Waals surface area contributed by atoms with Gasteiger partial charge in [-0.1, -0.05) is 34.9 Å². The van der Waals surface area contributed by atoms with Crippen LogP contribution in [-0.2, 0) is 9.59 Å². The van der Waals surface area contributed by atoms with E-state index in [1.807, 2.05) is 31.4 Å². The van der Waals surface area contributed by atoms with Gasteiger partial charge in [0.15, 0.2) is 5.13 Å². The Morgan fingerprint density at radius 2 is 1.77 bits per heavy atom. The number of halogens is 1. The predicted molar refractivity (Wildman–Crippen MR) is 101 cm³/mol. The van der Waals surface area contributed by atoms with Crippen LogP contribution in [0.15, 0.2) is 40.8 Å². The number of anilines is 1. The van der Waals surface area contributed by atoms with Gasteiger partial charge in [-0.05, 0) is 38.8 Å². The fourth-order valence-electron chi connectivity index (χ4n) is 3.10. The smallest absolute Gasteiger partial charge is 0.230 e. The highest BCUT2D eigenvalue weighted by Crippen LogP contribution is 2.35. The number of carbonyl (C=O) groups excluding carboxylic acids is 2. The van der Waals surface area contributed by atoms with Gasteiger partial charge in [0.2, 0.25) is 5.91 Å². The van der Waals surface area contributed by atoms with Crippen molar-refractivity contribution in [2.45, 2.75) is 26.7 Å². The van der Waals surface area contributed by atoms with Crippen LogP contribution >= 0.6 is 22.9 Å². The number of carboxylic acid groups (broad SMARTS) is 1. The Labute approximate surface area is 160 Å². The minimum Gasteiger partial charge on any atom is -0.550 e. The molecule has 2 aromatic rings. The van der Waals surface area contributed by atoms with Gasteiger partial charge in [0.25, 0.3) is 0 Å². The van der Waals surface area contributed by atoms with E-state index in [9.17, 15) is 14.7 Å². The Bertz CT molecular complexity index is 873. The Kier molecular flexibility index (Phi) is 5.44.